The van der Waals surface area contributed by atoms with Crippen molar-refractivity contribution in [3.8, 4) is 0 Å². The molecule has 1 rings (SSSR count). The van der Waals surface area contributed by atoms with E-state index in [1.807, 2.05) is 12.3 Å². The van der Waals surface area contributed by atoms with Gasteiger partial charge in [0.2, 0.25) is 0 Å². The quantitative estimate of drug-likeness (QED) is 0.759. The Morgan fingerprint density at radius 3 is 2.85 bits per heavy atom. The highest BCUT2D eigenvalue weighted by Gasteiger charge is 2.22. The summed E-state index contributed by atoms with van der Waals surface area (Å²) in [6, 6.07) is 5.30. The van der Waals surface area contributed by atoms with Gasteiger partial charge < -0.3 is 15.2 Å². The number of hydrogen-bond donors (Lipinski definition) is 2. The van der Waals surface area contributed by atoms with Crippen LogP contribution in [0.2, 0.25) is 5.02 Å². The predicted molar refractivity (Wildman–Crippen MR) is 82.7 cm³/mol. The Kier molecular flexibility index (Phi) is 6.82. The van der Waals surface area contributed by atoms with Gasteiger partial charge in [-0.15, -0.1) is 11.8 Å². The van der Waals surface area contributed by atoms with Crippen LogP contribution < -0.4 is 5.32 Å². The average Bonchev–Trinajstić information content (AvgIpc) is 2.43. The van der Waals surface area contributed by atoms with Gasteiger partial charge in [0.15, 0.2) is 0 Å². The maximum Gasteiger partial charge on any atom is 0.252 e. The summed E-state index contributed by atoms with van der Waals surface area (Å²) in [4.78, 5) is 13.1. The number of thioether (sulfide) groups is 1. The maximum atomic E-state index is 12.1. The van der Waals surface area contributed by atoms with E-state index in [9.17, 15) is 9.90 Å². The van der Waals surface area contributed by atoms with Crippen LogP contribution in [0.5, 0.6) is 0 Å². The molecule has 0 aliphatic rings. The molecule has 0 aromatic heterocycles. The lowest BCUT2D eigenvalue weighted by atomic mass is 10.0. The molecule has 0 fully saturated rings. The van der Waals surface area contributed by atoms with Gasteiger partial charge >= 0.3 is 0 Å². The van der Waals surface area contributed by atoms with Crippen LogP contribution in [0.15, 0.2) is 23.1 Å². The Hall–Kier alpha value is -0.750. The predicted octanol–water partition coefficient (Wildman–Crippen LogP) is 2.58. The standard InChI is InChI=1S/C14H20ClNO3S/c1-14(18,6-7-19-2)9-16-13(17)11-8-10(20-3)4-5-12(11)15/h4-5,8,18H,6-7,9H2,1-3H3,(H,16,17). The van der Waals surface area contributed by atoms with Crippen LogP contribution in [-0.2, 0) is 4.74 Å². The Balaban J connectivity index is 2.67. The molecule has 0 aliphatic heterocycles. The van der Waals surface area contributed by atoms with Gasteiger partial charge in [0.1, 0.15) is 0 Å². The summed E-state index contributed by atoms with van der Waals surface area (Å²) in [6.07, 6.45) is 2.38. The van der Waals surface area contributed by atoms with E-state index in [0.29, 0.717) is 23.6 Å². The van der Waals surface area contributed by atoms with E-state index in [0.717, 1.165) is 4.90 Å². The van der Waals surface area contributed by atoms with Crippen molar-refractivity contribution in [2.24, 2.45) is 0 Å². The molecular formula is C14H20ClNO3S. The molecule has 0 heterocycles. The molecule has 112 valence electrons. The minimum Gasteiger partial charge on any atom is -0.388 e. The molecule has 0 saturated carbocycles. The fourth-order valence-corrected chi connectivity index (χ4v) is 2.22. The first-order valence-corrected chi connectivity index (χ1v) is 7.83. The first kappa shape index (κ1) is 17.3. The highest BCUT2D eigenvalue weighted by atomic mass is 35.5. The van der Waals surface area contributed by atoms with Crippen molar-refractivity contribution in [1.29, 1.82) is 0 Å². The molecule has 20 heavy (non-hydrogen) atoms. The number of benzene rings is 1. The lowest BCUT2D eigenvalue weighted by molar-refractivity contribution is 0.0243. The third-order valence-corrected chi connectivity index (χ3v) is 3.95. The van der Waals surface area contributed by atoms with Crippen LogP contribution in [0.3, 0.4) is 0 Å². The number of halogens is 1. The number of methoxy groups -OCH3 is 1. The van der Waals surface area contributed by atoms with E-state index in [1.165, 1.54) is 11.8 Å². The van der Waals surface area contributed by atoms with Gasteiger partial charge in [-0.25, -0.2) is 0 Å². The molecule has 1 amide bonds. The SMILES string of the molecule is COCCC(C)(O)CNC(=O)c1cc(SC)ccc1Cl. The van der Waals surface area contributed by atoms with Gasteiger partial charge in [-0.05, 0) is 31.4 Å². The van der Waals surface area contributed by atoms with Crippen LogP contribution in [0.4, 0.5) is 0 Å². The molecule has 1 aromatic rings. The number of aliphatic hydroxyl groups is 1. The maximum absolute atomic E-state index is 12.1. The largest absolute Gasteiger partial charge is 0.388 e. The zero-order valence-electron chi connectivity index (χ0n) is 11.9. The zero-order valence-corrected chi connectivity index (χ0v) is 13.5. The van der Waals surface area contributed by atoms with Gasteiger partial charge in [-0.2, -0.15) is 0 Å². The van der Waals surface area contributed by atoms with E-state index in [1.54, 1.807) is 26.2 Å². The van der Waals surface area contributed by atoms with Crippen molar-refractivity contribution in [3.63, 3.8) is 0 Å². The lowest BCUT2D eigenvalue weighted by Gasteiger charge is -2.23. The smallest absolute Gasteiger partial charge is 0.252 e. The van der Waals surface area contributed by atoms with Crippen molar-refractivity contribution in [1.82, 2.24) is 5.32 Å². The lowest BCUT2D eigenvalue weighted by Crippen LogP contribution is -2.41. The van der Waals surface area contributed by atoms with E-state index < -0.39 is 5.60 Å². The molecule has 4 nitrogen and oxygen atoms in total. The summed E-state index contributed by atoms with van der Waals surface area (Å²) in [5.41, 5.74) is -0.587. The highest BCUT2D eigenvalue weighted by molar-refractivity contribution is 7.98. The monoisotopic (exact) mass is 317 g/mol. The van der Waals surface area contributed by atoms with Crippen molar-refractivity contribution < 1.29 is 14.6 Å². The number of hydrogen-bond acceptors (Lipinski definition) is 4. The summed E-state index contributed by atoms with van der Waals surface area (Å²) in [7, 11) is 1.57. The Labute approximate surface area is 128 Å². The second kappa shape index (κ2) is 7.88. The molecule has 0 bridgehead atoms. The average molecular weight is 318 g/mol. The van der Waals surface area contributed by atoms with E-state index in [-0.39, 0.29) is 12.5 Å². The van der Waals surface area contributed by atoms with E-state index >= 15 is 0 Å². The van der Waals surface area contributed by atoms with Crippen molar-refractivity contribution in [2.75, 3.05) is 26.5 Å². The van der Waals surface area contributed by atoms with Crippen molar-refractivity contribution in [3.05, 3.63) is 28.8 Å². The first-order valence-electron chi connectivity index (χ1n) is 6.22. The van der Waals surface area contributed by atoms with E-state index in [2.05, 4.69) is 5.32 Å². The number of carbonyl (C=O) groups is 1. The third-order valence-electron chi connectivity index (χ3n) is 2.89. The molecule has 0 aliphatic carbocycles. The van der Waals surface area contributed by atoms with Crippen molar-refractivity contribution in [2.45, 2.75) is 23.8 Å². The third kappa shape index (κ3) is 5.32. The normalized spacial score (nSPS) is 13.8. The molecule has 0 spiro atoms. The molecule has 1 unspecified atom stereocenters. The van der Waals surface area contributed by atoms with Crippen LogP contribution in [-0.4, -0.2) is 43.1 Å². The van der Waals surface area contributed by atoms with Crippen LogP contribution in [0.25, 0.3) is 0 Å². The topological polar surface area (TPSA) is 58.6 Å². The van der Waals surface area contributed by atoms with E-state index in [4.69, 9.17) is 16.3 Å². The number of ether oxygens (including phenoxy) is 1. The second-order valence-corrected chi connectivity index (χ2v) is 6.06. The van der Waals surface area contributed by atoms with Crippen LogP contribution in [0.1, 0.15) is 23.7 Å². The molecule has 1 atom stereocenters. The van der Waals surface area contributed by atoms with Crippen LogP contribution >= 0.6 is 23.4 Å². The number of nitrogens with one attached hydrogen (secondary N) is 1. The summed E-state index contributed by atoms with van der Waals surface area (Å²) < 4.78 is 4.92. The number of rotatable bonds is 7. The first-order chi connectivity index (χ1) is 9.39. The minimum absolute atomic E-state index is 0.148. The molecule has 0 radical (unpaired) electrons. The Bertz CT molecular complexity index is 466. The summed E-state index contributed by atoms with van der Waals surface area (Å²) >= 11 is 7.57. The summed E-state index contributed by atoms with van der Waals surface area (Å²) in [6.45, 7) is 2.24. The Morgan fingerprint density at radius 1 is 1.55 bits per heavy atom. The summed E-state index contributed by atoms with van der Waals surface area (Å²) in [5, 5.41) is 13.2. The van der Waals surface area contributed by atoms with Gasteiger partial charge in [-0.1, -0.05) is 11.6 Å². The fraction of sp³-hybridized carbons (Fsp3) is 0.500. The minimum atomic E-state index is -1.00. The van der Waals surface area contributed by atoms with Gasteiger partial charge in [0.25, 0.3) is 5.91 Å². The Morgan fingerprint density at radius 2 is 2.25 bits per heavy atom. The highest BCUT2D eigenvalue weighted by Crippen LogP contribution is 2.23. The number of carbonyl (C=O) groups excluding carboxylic acids is 1. The molecular weight excluding hydrogens is 298 g/mol. The van der Waals surface area contributed by atoms with Gasteiger partial charge in [0.05, 0.1) is 16.2 Å². The number of amides is 1. The van der Waals surface area contributed by atoms with Gasteiger partial charge in [-0.3, -0.25) is 4.79 Å². The zero-order chi connectivity index (χ0) is 15.2. The second-order valence-electron chi connectivity index (χ2n) is 4.77. The summed E-state index contributed by atoms with van der Waals surface area (Å²) in [5.74, 6) is -0.288. The van der Waals surface area contributed by atoms with Gasteiger partial charge in [0, 0.05) is 31.6 Å². The molecule has 2 N–H and O–H groups in total. The fourth-order valence-electron chi connectivity index (χ4n) is 1.58. The molecule has 1 aromatic carbocycles. The van der Waals surface area contributed by atoms with Crippen LogP contribution in [0, 0.1) is 0 Å². The molecule has 6 heteroatoms. The molecule has 0 saturated heterocycles. The van der Waals surface area contributed by atoms with Crippen molar-refractivity contribution >= 4 is 29.3 Å².